The van der Waals surface area contributed by atoms with Gasteiger partial charge in [-0.1, -0.05) is 30.1 Å². The normalized spacial score (nSPS) is 12.0. The molecule has 1 aromatic carbocycles. The van der Waals surface area contributed by atoms with E-state index in [0.717, 1.165) is 17.8 Å². The molecule has 0 aliphatic heterocycles. The summed E-state index contributed by atoms with van der Waals surface area (Å²) in [7, 11) is 0. The van der Waals surface area contributed by atoms with Gasteiger partial charge < -0.3 is 10.6 Å². The largest absolute Gasteiger partial charge is 0.352 e. The van der Waals surface area contributed by atoms with Crippen molar-refractivity contribution in [1.29, 1.82) is 0 Å². The Morgan fingerprint density at radius 2 is 1.90 bits per heavy atom. The third kappa shape index (κ3) is 4.48. The number of hydrogen-bond acceptors (Lipinski definition) is 4. The van der Waals surface area contributed by atoms with Gasteiger partial charge in [-0.25, -0.2) is 4.98 Å². The Balaban J connectivity index is 2.21. The van der Waals surface area contributed by atoms with Crippen LogP contribution >= 0.6 is 23.2 Å². The highest BCUT2D eigenvalue weighted by atomic mass is 35.5. The van der Waals surface area contributed by atoms with Crippen LogP contribution in [0, 0.1) is 6.92 Å². The van der Waals surface area contributed by atoms with Crippen molar-refractivity contribution in [2.24, 2.45) is 0 Å². The zero-order valence-electron chi connectivity index (χ0n) is 12.2. The van der Waals surface area contributed by atoms with Gasteiger partial charge in [-0.2, -0.15) is 4.98 Å². The van der Waals surface area contributed by atoms with E-state index in [4.69, 9.17) is 23.2 Å². The fraction of sp³-hybridized carbons (Fsp3) is 0.333. The van der Waals surface area contributed by atoms with Crippen molar-refractivity contribution < 1.29 is 0 Å². The van der Waals surface area contributed by atoms with E-state index in [1.807, 2.05) is 19.1 Å². The van der Waals surface area contributed by atoms with Crippen LogP contribution in [0.25, 0.3) is 0 Å². The molecule has 112 valence electrons. The van der Waals surface area contributed by atoms with E-state index in [2.05, 4.69) is 34.4 Å². The Labute approximate surface area is 134 Å². The first kappa shape index (κ1) is 15.9. The van der Waals surface area contributed by atoms with Crippen LogP contribution in [0.4, 0.5) is 17.5 Å². The monoisotopic (exact) mass is 324 g/mol. The summed E-state index contributed by atoms with van der Waals surface area (Å²) in [4.78, 5) is 8.85. The summed E-state index contributed by atoms with van der Waals surface area (Å²) in [6, 6.07) is 7.57. The molecule has 1 unspecified atom stereocenters. The minimum Gasteiger partial charge on any atom is -0.352 e. The number of halogens is 2. The Morgan fingerprint density at radius 1 is 1.14 bits per heavy atom. The second-order valence-electron chi connectivity index (χ2n) is 4.93. The maximum absolute atomic E-state index is 6.01. The van der Waals surface area contributed by atoms with Gasteiger partial charge >= 0.3 is 0 Å². The van der Waals surface area contributed by atoms with Crippen LogP contribution in [0.5, 0.6) is 0 Å². The summed E-state index contributed by atoms with van der Waals surface area (Å²) in [6.07, 6.45) is 1.01. The summed E-state index contributed by atoms with van der Waals surface area (Å²) in [5.74, 6) is 1.33. The van der Waals surface area contributed by atoms with E-state index in [0.29, 0.717) is 27.9 Å². The van der Waals surface area contributed by atoms with E-state index in [9.17, 15) is 0 Å². The third-order valence-corrected chi connectivity index (χ3v) is 3.77. The van der Waals surface area contributed by atoms with E-state index >= 15 is 0 Å². The zero-order valence-corrected chi connectivity index (χ0v) is 13.8. The molecule has 0 saturated heterocycles. The highest BCUT2D eigenvalue weighted by molar-refractivity contribution is 6.42. The Kier molecular flexibility index (Phi) is 5.26. The molecule has 1 heterocycles. The molecule has 0 aliphatic carbocycles. The van der Waals surface area contributed by atoms with Gasteiger partial charge in [0.05, 0.1) is 10.0 Å². The summed E-state index contributed by atoms with van der Waals surface area (Å²) < 4.78 is 0. The molecule has 0 saturated carbocycles. The highest BCUT2D eigenvalue weighted by Crippen LogP contribution is 2.26. The number of aryl methyl sites for hydroxylation is 1. The minimum atomic E-state index is 0.324. The van der Waals surface area contributed by atoms with Crippen molar-refractivity contribution in [1.82, 2.24) is 9.97 Å². The lowest BCUT2D eigenvalue weighted by Gasteiger charge is -2.13. The first-order valence-electron chi connectivity index (χ1n) is 6.82. The van der Waals surface area contributed by atoms with Gasteiger partial charge in [-0.15, -0.1) is 0 Å². The highest BCUT2D eigenvalue weighted by Gasteiger charge is 2.06. The number of nitrogens with zero attached hydrogens (tertiary/aromatic N) is 2. The lowest BCUT2D eigenvalue weighted by Crippen LogP contribution is -2.16. The molecule has 4 nitrogen and oxygen atoms in total. The van der Waals surface area contributed by atoms with Crippen molar-refractivity contribution in [3.63, 3.8) is 0 Å². The van der Waals surface area contributed by atoms with Gasteiger partial charge in [0.1, 0.15) is 5.82 Å². The van der Waals surface area contributed by atoms with Crippen molar-refractivity contribution in [3.8, 4) is 0 Å². The zero-order chi connectivity index (χ0) is 15.4. The Morgan fingerprint density at radius 3 is 2.57 bits per heavy atom. The van der Waals surface area contributed by atoms with Gasteiger partial charge in [0.2, 0.25) is 5.95 Å². The molecular weight excluding hydrogens is 307 g/mol. The molecule has 21 heavy (non-hydrogen) atoms. The second kappa shape index (κ2) is 6.96. The number of hydrogen-bond donors (Lipinski definition) is 2. The van der Waals surface area contributed by atoms with Crippen molar-refractivity contribution >= 4 is 40.7 Å². The van der Waals surface area contributed by atoms with Crippen molar-refractivity contribution in [3.05, 3.63) is 40.0 Å². The molecule has 0 amide bonds. The van der Waals surface area contributed by atoms with Crippen LogP contribution in [0.2, 0.25) is 10.0 Å². The summed E-state index contributed by atoms with van der Waals surface area (Å²) in [6.45, 7) is 6.14. The molecule has 0 fully saturated rings. The maximum atomic E-state index is 6.01. The van der Waals surface area contributed by atoms with Gasteiger partial charge in [-0.05, 0) is 38.5 Å². The summed E-state index contributed by atoms with van der Waals surface area (Å²) >= 11 is 11.9. The quantitative estimate of drug-likeness (QED) is 0.808. The van der Waals surface area contributed by atoms with Crippen LogP contribution in [0.3, 0.4) is 0 Å². The van der Waals surface area contributed by atoms with Crippen molar-refractivity contribution in [2.45, 2.75) is 33.2 Å². The Hall–Kier alpha value is -1.52. The van der Waals surface area contributed by atoms with Crippen LogP contribution in [0.1, 0.15) is 26.0 Å². The van der Waals surface area contributed by atoms with Crippen LogP contribution in [-0.2, 0) is 0 Å². The first-order chi connectivity index (χ1) is 9.97. The van der Waals surface area contributed by atoms with Crippen LogP contribution in [0.15, 0.2) is 24.3 Å². The molecule has 1 atom stereocenters. The van der Waals surface area contributed by atoms with Crippen molar-refractivity contribution in [2.75, 3.05) is 10.6 Å². The number of benzene rings is 1. The lowest BCUT2D eigenvalue weighted by molar-refractivity contribution is 0.752. The SMILES string of the molecule is CCC(C)Nc1nc(C)cc(Nc2ccc(Cl)c(Cl)c2)n1. The smallest absolute Gasteiger partial charge is 0.225 e. The van der Waals surface area contributed by atoms with Crippen LogP contribution in [-0.4, -0.2) is 16.0 Å². The van der Waals surface area contributed by atoms with E-state index < -0.39 is 0 Å². The molecule has 6 heteroatoms. The van der Waals surface area contributed by atoms with Gasteiger partial charge in [0.25, 0.3) is 0 Å². The maximum Gasteiger partial charge on any atom is 0.225 e. The Bertz CT molecular complexity index is 631. The number of nitrogens with one attached hydrogen (secondary N) is 2. The average molecular weight is 325 g/mol. The molecule has 2 aromatic rings. The lowest BCUT2D eigenvalue weighted by atomic mass is 10.3. The average Bonchev–Trinajstić information content (AvgIpc) is 2.42. The van der Waals surface area contributed by atoms with Gasteiger partial charge in [0.15, 0.2) is 0 Å². The van der Waals surface area contributed by atoms with Gasteiger partial charge in [-0.3, -0.25) is 0 Å². The molecule has 0 spiro atoms. The molecule has 1 aromatic heterocycles. The number of rotatable bonds is 5. The predicted molar refractivity (Wildman–Crippen MR) is 89.9 cm³/mol. The minimum absolute atomic E-state index is 0.324. The fourth-order valence-corrected chi connectivity index (χ4v) is 2.04. The molecule has 2 rings (SSSR count). The second-order valence-corrected chi connectivity index (χ2v) is 5.74. The fourth-order valence-electron chi connectivity index (χ4n) is 1.74. The topological polar surface area (TPSA) is 49.8 Å². The van der Waals surface area contributed by atoms with Crippen LogP contribution < -0.4 is 10.6 Å². The molecule has 0 radical (unpaired) electrons. The molecule has 2 N–H and O–H groups in total. The molecule has 0 bridgehead atoms. The number of anilines is 3. The van der Waals surface area contributed by atoms with E-state index in [1.54, 1.807) is 12.1 Å². The molecule has 0 aliphatic rings. The van der Waals surface area contributed by atoms with E-state index in [-0.39, 0.29) is 0 Å². The summed E-state index contributed by atoms with van der Waals surface area (Å²) in [5, 5.41) is 7.51. The first-order valence-corrected chi connectivity index (χ1v) is 7.58. The standard InChI is InChI=1S/C15H18Cl2N4/c1-4-9(2)18-15-19-10(3)7-14(21-15)20-11-5-6-12(16)13(17)8-11/h5-9H,4H2,1-3H3,(H2,18,19,20,21). The van der Waals surface area contributed by atoms with E-state index in [1.165, 1.54) is 0 Å². The predicted octanol–water partition coefficient (Wildman–Crippen LogP) is 5.05. The number of aromatic nitrogens is 2. The summed E-state index contributed by atoms with van der Waals surface area (Å²) in [5.41, 5.74) is 1.72. The molecular formula is C15H18Cl2N4. The van der Waals surface area contributed by atoms with Gasteiger partial charge in [0, 0.05) is 23.5 Å². The third-order valence-electron chi connectivity index (χ3n) is 3.03.